The van der Waals surface area contributed by atoms with Gasteiger partial charge in [-0.05, 0) is 35.3 Å². The van der Waals surface area contributed by atoms with E-state index in [1.165, 1.54) is 12.1 Å². The van der Waals surface area contributed by atoms with Crippen molar-refractivity contribution >= 4 is 21.6 Å². The number of nitro groups is 1. The van der Waals surface area contributed by atoms with Crippen molar-refractivity contribution in [3.8, 4) is 5.75 Å². The average molecular weight is 354 g/mol. The van der Waals surface area contributed by atoms with Crippen LogP contribution in [-0.4, -0.2) is 14.7 Å². The summed E-state index contributed by atoms with van der Waals surface area (Å²) in [5.41, 5.74) is 1.93. The lowest BCUT2D eigenvalue weighted by Crippen LogP contribution is -2.06. The van der Waals surface area contributed by atoms with Gasteiger partial charge < -0.3 is 4.74 Å². The van der Waals surface area contributed by atoms with Crippen LogP contribution in [0.4, 0.5) is 5.69 Å². The first-order chi connectivity index (χ1) is 10.1. The second kappa shape index (κ2) is 6.71. The van der Waals surface area contributed by atoms with Gasteiger partial charge in [-0.1, -0.05) is 13.0 Å². The standard InChI is InChI=1S/C14H16BrN3O3/c1-3-12-14(15)13(17(4-2)16-12)9-21-11-7-5-6-10(8-11)18(19)20/h5-8H,3-4,9H2,1-2H3. The maximum absolute atomic E-state index is 10.8. The van der Waals surface area contributed by atoms with E-state index in [1.807, 2.05) is 18.5 Å². The minimum atomic E-state index is -0.436. The molecule has 1 aromatic heterocycles. The number of halogens is 1. The summed E-state index contributed by atoms with van der Waals surface area (Å²) in [6, 6.07) is 6.17. The summed E-state index contributed by atoms with van der Waals surface area (Å²) < 4.78 is 8.49. The molecule has 2 aromatic rings. The molecule has 1 aromatic carbocycles. The monoisotopic (exact) mass is 353 g/mol. The third-order valence-electron chi connectivity index (χ3n) is 3.10. The SMILES string of the molecule is CCc1nn(CC)c(COc2cccc([N+](=O)[O-])c2)c1Br. The van der Waals surface area contributed by atoms with Crippen LogP contribution in [0.2, 0.25) is 0 Å². The van der Waals surface area contributed by atoms with Crippen LogP contribution in [0.5, 0.6) is 5.75 Å². The molecule has 0 atom stereocenters. The Balaban J connectivity index is 2.18. The van der Waals surface area contributed by atoms with Crippen LogP contribution in [0.3, 0.4) is 0 Å². The van der Waals surface area contributed by atoms with E-state index in [2.05, 4.69) is 21.0 Å². The van der Waals surface area contributed by atoms with Crippen LogP contribution < -0.4 is 4.74 Å². The largest absolute Gasteiger partial charge is 0.487 e. The molecular formula is C14H16BrN3O3. The molecule has 0 aliphatic carbocycles. The molecule has 0 radical (unpaired) electrons. The minimum absolute atomic E-state index is 0.0183. The summed E-state index contributed by atoms with van der Waals surface area (Å²) in [5.74, 6) is 0.470. The summed E-state index contributed by atoms with van der Waals surface area (Å²) in [4.78, 5) is 10.3. The summed E-state index contributed by atoms with van der Waals surface area (Å²) in [5, 5.41) is 15.2. The van der Waals surface area contributed by atoms with Crippen LogP contribution in [0, 0.1) is 10.1 Å². The third-order valence-corrected chi connectivity index (χ3v) is 4.01. The molecule has 2 rings (SSSR count). The highest BCUT2D eigenvalue weighted by Crippen LogP contribution is 2.25. The van der Waals surface area contributed by atoms with Crippen molar-refractivity contribution in [2.75, 3.05) is 0 Å². The zero-order valence-corrected chi connectivity index (χ0v) is 13.5. The maximum Gasteiger partial charge on any atom is 0.273 e. The maximum atomic E-state index is 10.8. The van der Waals surface area contributed by atoms with Crippen LogP contribution in [0.15, 0.2) is 28.7 Å². The second-order valence-electron chi connectivity index (χ2n) is 4.42. The highest BCUT2D eigenvalue weighted by molar-refractivity contribution is 9.10. The van der Waals surface area contributed by atoms with Gasteiger partial charge in [0.25, 0.3) is 5.69 Å². The molecule has 0 fully saturated rings. The lowest BCUT2D eigenvalue weighted by Gasteiger charge is -2.08. The Hall–Kier alpha value is -1.89. The number of nitrogens with zero attached hydrogens (tertiary/aromatic N) is 3. The molecule has 0 aliphatic heterocycles. The van der Waals surface area contributed by atoms with Gasteiger partial charge in [0.2, 0.25) is 0 Å². The van der Waals surface area contributed by atoms with Crippen molar-refractivity contribution in [3.05, 3.63) is 50.2 Å². The predicted molar refractivity (Wildman–Crippen MR) is 82.4 cm³/mol. The second-order valence-corrected chi connectivity index (χ2v) is 5.21. The van der Waals surface area contributed by atoms with Gasteiger partial charge in [0.1, 0.15) is 12.4 Å². The number of rotatable bonds is 6. The lowest BCUT2D eigenvalue weighted by molar-refractivity contribution is -0.384. The Bertz CT molecular complexity index is 655. The van der Waals surface area contributed by atoms with E-state index in [9.17, 15) is 10.1 Å². The fourth-order valence-electron chi connectivity index (χ4n) is 1.99. The van der Waals surface area contributed by atoms with Gasteiger partial charge in [-0.3, -0.25) is 14.8 Å². The highest BCUT2D eigenvalue weighted by Gasteiger charge is 2.15. The van der Waals surface area contributed by atoms with Crippen LogP contribution in [0.1, 0.15) is 25.2 Å². The molecule has 0 N–H and O–H groups in total. The molecule has 0 aliphatic rings. The molecule has 0 spiro atoms. The topological polar surface area (TPSA) is 70.2 Å². The fraction of sp³-hybridized carbons (Fsp3) is 0.357. The molecule has 0 saturated heterocycles. The Morgan fingerprint density at radius 2 is 2.19 bits per heavy atom. The van der Waals surface area contributed by atoms with E-state index >= 15 is 0 Å². The highest BCUT2D eigenvalue weighted by atomic mass is 79.9. The van der Waals surface area contributed by atoms with E-state index in [1.54, 1.807) is 12.1 Å². The van der Waals surface area contributed by atoms with E-state index in [0.29, 0.717) is 12.4 Å². The molecule has 1 heterocycles. The van der Waals surface area contributed by atoms with E-state index in [0.717, 1.165) is 28.8 Å². The molecule has 6 nitrogen and oxygen atoms in total. The van der Waals surface area contributed by atoms with Gasteiger partial charge in [0.05, 0.1) is 26.9 Å². The fourth-order valence-corrected chi connectivity index (χ4v) is 2.67. The zero-order valence-electron chi connectivity index (χ0n) is 11.9. The smallest absolute Gasteiger partial charge is 0.273 e. The third kappa shape index (κ3) is 3.41. The average Bonchev–Trinajstić information content (AvgIpc) is 2.81. The van der Waals surface area contributed by atoms with Crippen molar-refractivity contribution in [3.63, 3.8) is 0 Å². The number of aromatic nitrogens is 2. The van der Waals surface area contributed by atoms with Crippen LogP contribution >= 0.6 is 15.9 Å². The van der Waals surface area contributed by atoms with Gasteiger partial charge in [-0.2, -0.15) is 5.10 Å². The summed E-state index contributed by atoms with van der Waals surface area (Å²) in [6.07, 6.45) is 0.831. The first-order valence-corrected chi connectivity index (χ1v) is 7.47. The quantitative estimate of drug-likeness (QED) is 0.586. The van der Waals surface area contributed by atoms with Crippen molar-refractivity contribution in [2.24, 2.45) is 0 Å². The Kier molecular flexibility index (Phi) is 4.95. The van der Waals surface area contributed by atoms with E-state index in [4.69, 9.17) is 4.74 Å². The number of hydrogen-bond donors (Lipinski definition) is 0. The number of benzene rings is 1. The molecular weight excluding hydrogens is 338 g/mol. The first kappa shape index (κ1) is 15.5. The molecule has 112 valence electrons. The molecule has 0 bridgehead atoms. The molecule has 0 unspecified atom stereocenters. The number of ether oxygens (including phenoxy) is 1. The number of nitro benzene ring substituents is 1. The predicted octanol–water partition coefficient (Wildman–Crippen LogP) is 3.72. The van der Waals surface area contributed by atoms with Gasteiger partial charge in [-0.25, -0.2) is 0 Å². The number of non-ortho nitro benzene ring substituents is 1. The number of aryl methyl sites for hydroxylation is 2. The summed E-state index contributed by atoms with van der Waals surface area (Å²) in [7, 11) is 0. The van der Waals surface area contributed by atoms with Crippen molar-refractivity contribution in [1.29, 1.82) is 0 Å². The minimum Gasteiger partial charge on any atom is -0.487 e. The van der Waals surface area contributed by atoms with Gasteiger partial charge >= 0.3 is 0 Å². The molecule has 21 heavy (non-hydrogen) atoms. The summed E-state index contributed by atoms with van der Waals surface area (Å²) >= 11 is 3.54. The Labute approximate surface area is 131 Å². The first-order valence-electron chi connectivity index (χ1n) is 6.68. The Morgan fingerprint density at radius 1 is 1.43 bits per heavy atom. The van der Waals surface area contributed by atoms with Crippen molar-refractivity contribution < 1.29 is 9.66 Å². The Morgan fingerprint density at radius 3 is 2.81 bits per heavy atom. The van der Waals surface area contributed by atoms with Crippen molar-refractivity contribution in [2.45, 2.75) is 33.4 Å². The van der Waals surface area contributed by atoms with Crippen LogP contribution in [-0.2, 0) is 19.6 Å². The normalized spacial score (nSPS) is 10.6. The van der Waals surface area contributed by atoms with E-state index < -0.39 is 4.92 Å². The number of hydrogen-bond acceptors (Lipinski definition) is 4. The lowest BCUT2D eigenvalue weighted by atomic mass is 10.3. The molecule has 0 saturated carbocycles. The van der Waals surface area contributed by atoms with Gasteiger partial charge in [0, 0.05) is 12.6 Å². The van der Waals surface area contributed by atoms with Gasteiger partial charge in [-0.15, -0.1) is 0 Å². The summed E-state index contributed by atoms with van der Waals surface area (Å²) in [6.45, 7) is 5.10. The molecule has 0 amide bonds. The van der Waals surface area contributed by atoms with Crippen LogP contribution in [0.25, 0.3) is 0 Å². The van der Waals surface area contributed by atoms with Crippen molar-refractivity contribution in [1.82, 2.24) is 9.78 Å². The van der Waals surface area contributed by atoms with E-state index in [-0.39, 0.29) is 5.69 Å². The molecule has 7 heteroatoms. The van der Waals surface area contributed by atoms with Gasteiger partial charge in [0.15, 0.2) is 0 Å². The zero-order chi connectivity index (χ0) is 15.4.